The second-order valence-electron chi connectivity index (χ2n) is 4.78. The molecule has 1 aliphatic heterocycles. The van der Waals surface area contributed by atoms with Crippen molar-refractivity contribution in [1.82, 2.24) is 10.2 Å². The number of halogens is 1. The number of nitrogens with one attached hydrogen (secondary N) is 1. The Bertz CT molecular complexity index is 441. The topological polar surface area (TPSA) is 52.6 Å². The van der Waals surface area contributed by atoms with Crippen LogP contribution in [0.4, 0.5) is 4.79 Å². The van der Waals surface area contributed by atoms with Crippen molar-refractivity contribution in [2.24, 2.45) is 0 Å². The minimum atomic E-state index is -0.360. The van der Waals surface area contributed by atoms with E-state index in [2.05, 4.69) is 5.32 Å². The average Bonchev–Trinajstić information content (AvgIpc) is 2.87. The van der Waals surface area contributed by atoms with Crippen molar-refractivity contribution in [1.29, 1.82) is 0 Å². The third kappa shape index (κ3) is 4.89. The third-order valence-electron chi connectivity index (χ3n) is 3.13. The molecule has 1 heterocycles. The van der Waals surface area contributed by atoms with Gasteiger partial charge in [0, 0.05) is 29.6 Å². The van der Waals surface area contributed by atoms with Crippen LogP contribution in [0.5, 0.6) is 0 Å². The molecular weight excluding hydrogens is 296 g/mol. The number of carbonyl (C=O) groups excluding carboxylic acids is 1. The summed E-state index contributed by atoms with van der Waals surface area (Å²) < 4.78 is 0. The van der Waals surface area contributed by atoms with Crippen LogP contribution in [0.3, 0.4) is 0 Å². The van der Waals surface area contributed by atoms with E-state index in [1.165, 1.54) is 4.90 Å². The number of hydrogen-bond donors (Lipinski definition) is 2. The van der Waals surface area contributed by atoms with Crippen LogP contribution < -0.4 is 5.32 Å². The summed E-state index contributed by atoms with van der Waals surface area (Å²) in [6.45, 7) is 1.75. The number of nitrogens with zero attached hydrogens (tertiary/aromatic N) is 1. The number of amides is 2. The lowest BCUT2D eigenvalue weighted by molar-refractivity contribution is 0.172. The Balaban J connectivity index is 1.57. The number of hydrogen-bond acceptors (Lipinski definition) is 3. The van der Waals surface area contributed by atoms with Crippen LogP contribution >= 0.6 is 23.4 Å². The van der Waals surface area contributed by atoms with Crippen LogP contribution in [0.15, 0.2) is 29.2 Å². The highest BCUT2D eigenvalue weighted by Gasteiger charge is 2.23. The molecular formula is C14H19ClN2O2S. The van der Waals surface area contributed by atoms with E-state index in [1.807, 2.05) is 24.3 Å². The predicted molar refractivity (Wildman–Crippen MR) is 82.4 cm³/mol. The van der Waals surface area contributed by atoms with Gasteiger partial charge >= 0.3 is 6.03 Å². The van der Waals surface area contributed by atoms with Crippen molar-refractivity contribution >= 4 is 29.4 Å². The van der Waals surface area contributed by atoms with Gasteiger partial charge in [-0.05, 0) is 42.9 Å². The molecule has 4 nitrogen and oxygen atoms in total. The summed E-state index contributed by atoms with van der Waals surface area (Å²) >= 11 is 7.57. The maximum atomic E-state index is 11.7. The number of carbonyl (C=O) groups is 1. The molecule has 2 N–H and O–H groups in total. The lowest BCUT2D eigenvalue weighted by Crippen LogP contribution is -2.39. The lowest BCUT2D eigenvalue weighted by Gasteiger charge is -2.16. The molecule has 6 heteroatoms. The second kappa shape index (κ2) is 7.76. The van der Waals surface area contributed by atoms with E-state index in [4.69, 9.17) is 11.6 Å². The smallest absolute Gasteiger partial charge is 0.317 e. The van der Waals surface area contributed by atoms with Gasteiger partial charge in [0.05, 0.1) is 6.10 Å². The second-order valence-corrected chi connectivity index (χ2v) is 6.38. The number of β-amino-alcohol motifs (C(OH)–C–C–N with tert-alkyl or cyclic N) is 1. The van der Waals surface area contributed by atoms with Crippen LogP contribution in [0.1, 0.15) is 12.8 Å². The zero-order chi connectivity index (χ0) is 14.4. The number of thioether (sulfide) groups is 1. The van der Waals surface area contributed by atoms with Gasteiger partial charge in [-0.2, -0.15) is 0 Å². The van der Waals surface area contributed by atoms with Crippen molar-refractivity contribution in [3.05, 3.63) is 29.3 Å². The molecule has 0 saturated carbocycles. The standard InChI is InChI=1S/C14H19ClN2O2S/c15-11-2-4-13(5-3-11)20-9-1-7-16-14(19)17-8-6-12(18)10-17/h2-5,12,18H,1,6-10H2,(H,16,19)/t12-/m1/s1. The first-order valence-corrected chi connectivity index (χ1v) is 8.11. The summed E-state index contributed by atoms with van der Waals surface area (Å²) in [5.74, 6) is 0.949. The molecule has 0 unspecified atom stereocenters. The van der Waals surface area contributed by atoms with Crippen LogP contribution in [-0.4, -0.2) is 47.5 Å². The lowest BCUT2D eigenvalue weighted by atomic mass is 10.3. The number of aliphatic hydroxyl groups is 1. The van der Waals surface area contributed by atoms with E-state index < -0.39 is 0 Å². The Hall–Kier alpha value is -0.910. The zero-order valence-electron chi connectivity index (χ0n) is 11.2. The van der Waals surface area contributed by atoms with E-state index in [0.29, 0.717) is 26.1 Å². The molecule has 0 aromatic heterocycles. The molecule has 0 spiro atoms. The highest BCUT2D eigenvalue weighted by atomic mass is 35.5. The van der Waals surface area contributed by atoms with Gasteiger partial charge in [-0.25, -0.2) is 4.79 Å². The van der Waals surface area contributed by atoms with Crippen molar-refractivity contribution in [3.63, 3.8) is 0 Å². The largest absolute Gasteiger partial charge is 0.391 e. The first-order chi connectivity index (χ1) is 9.65. The summed E-state index contributed by atoms with van der Waals surface area (Å²) in [4.78, 5) is 14.6. The number of likely N-dealkylation sites (tertiary alicyclic amines) is 1. The first kappa shape index (κ1) is 15.5. The minimum Gasteiger partial charge on any atom is -0.391 e. The normalized spacial score (nSPS) is 18.3. The Kier molecular flexibility index (Phi) is 6.01. The van der Waals surface area contributed by atoms with Crippen LogP contribution in [0.2, 0.25) is 5.02 Å². The molecule has 0 radical (unpaired) electrons. The Morgan fingerprint density at radius 1 is 1.45 bits per heavy atom. The van der Waals surface area contributed by atoms with Crippen molar-refractivity contribution in [3.8, 4) is 0 Å². The van der Waals surface area contributed by atoms with E-state index in [1.54, 1.807) is 16.7 Å². The number of urea groups is 1. The van der Waals surface area contributed by atoms with Gasteiger partial charge in [-0.3, -0.25) is 0 Å². The maximum Gasteiger partial charge on any atom is 0.317 e. The summed E-state index contributed by atoms with van der Waals surface area (Å²) in [7, 11) is 0. The quantitative estimate of drug-likeness (QED) is 0.649. The third-order valence-corrected chi connectivity index (χ3v) is 4.48. The van der Waals surface area contributed by atoms with E-state index in [0.717, 1.165) is 17.2 Å². The van der Waals surface area contributed by atoms with Gasteiger partial charge in [-0.15, -0.1) is 11.8 Å². The predicted octanol–water partition coefficient (Wildman–Crippen LogP) is 2.60. The molecule has 0 aliphatic carbocycles. The van der Waals surface area contributed by atoms with Gasteiger partial charge in [0.1, 0.15) is 0 Å². The molecule has 20 heavy (non-hydrogen) atoms. The Labute approximate surface area is 128 Å². The highest BCUT2D eigenvalue weighted by molar-refractivity contribution is 7.99. The van der Waals surface area contributed by atoms with E-state index in [-0.39, 0.29) is 12.1 Å². The van der Waals surface area contributed by atoms with Gasteiger partial charge in [0.15, 0.2) is 0 Å². The van der Waals surface area contributed by atoms with Crippen molar-refractivity contribution < 1.29 is 9.90 Å². The first-order valence-electron chi connectivity index (χ1n) is 6.74. The molecule has 1 saturated heterocycles. The average molecular weight is 315 g/mol. The monoisotopic (exact) mass is 314 g/mol. The van der Waals surface area contributed by atoms with E-state index >= 15 is 0 Å². The van der Waals surface area contributed by atoms with Crippen LogP contribution in [-0.2, 0) is 0 Å². The molecule has 1 fully saturated rings. The van der Waals surface area contributed by atoms with Gasteiger partial charge in [-0.1, -0.05) is 11.6 Å². The van der Waals surface area contributed by atoms with Gasteiger partial charge in [0.25, 0.3) is 0 Å². The van der Waals surface area contributed by atoms with Crippen molar-refractivity contribution in [2.45, 2.75) is 23.8 Å². The van der Waals surface area contributed by atoms with Crippen molar-refractivity contribution in [2.75, 3.05) is 25.4 Å². The Morgan fingerprint density at radius 2 is 2.20 bits per heavy atom. The van der Waals surface area contributed by atoms with Gasteiger partial charge < -0.3 is 15.3 Å². The highest BCUT2D eigenvalue weighted by Crippen LogP contribution is 2.20. The number of rotatable bonds is 5. The fraction of sp³-hybridized carbons (Fsp3) is 0.500. The molecule has 1 aromatic carbocycles. The maximum absolute atomic E-state index is 11.7. The SMILES string of the molecule is O=C(NCCCSc1ccc(Cl)cc1)N1CC[C@@H](O)C1. The fourth-order valence-electron chi connectivity index (χ4n) is 2.03. The molecule has 2 amide bonds. The minimum absolute atomic E-state index is 0.0713. The Morgan fingerprint density at radius 3 is 2.85 bits per heavy atom. The number of aliphatic hydroxyl groups excluding tert-OH is 1. The molecule has 1 aliphatic rings. The van der Waals surface area contributed by atoms with Gasteiger partial charge in [0.2, 0.25) is 0 Å². The summed E-state index contributed by atoms with van der Waals surface area (Å²) in [5, 5.41) is 13.0. The van der Waals surface area contributed by atoms with E-state index in [9.17, 15) is 9.90 Å². The number of benzene rings is 1. The summed E-state index contributed by atoms with van der Waals surface area (Å²) in [6.07, 6.45) is 1.23. The molecule has 1 aromatic rings. The summed E-state index contributed by atoms with van der Waals surface area (Å²) in [6, 6.07) is 7.68. The molecule has 2 rings (SSSR count). The molecule has 110 valence electrons. The summed E-state index contributed by atoms with van der Waals surface area (Å²) in [5.41, 5.74) is 0. The molecule has 1 atom stereocenters. The molecule has 0 bridgehead atoms. The fourth-order valence-corrected chi connectivity index (χ4v) is 3.01. The zero-order valence-corrected chi connectivity index (χ0v) is 12.8. The van der Waals surface area contributed by atoms with Crippen LogP contribution in [0.25, 0.3) is 0 Å². The van der Waals surface area contributed by atoms with Crippen LogP contribution in [0, 0.1) is 0 Å².